The summed E-state index contributed by atoms with van der Waals surface area (Å²) in [6.07, 6.45) is 2.86. The maximum Gasteiger partial charge on any atom is 0.182 e. The van der Waals surface area contributed by atoms with E-state index in [-0.39, 0.29) is 5.92 Å². The minimum absolute atomic E-state index is 0.240. The van der Waals surface area contributed by atoms with Crippen LogP contribution in [0, 0.1) is 5.92 Å². The van der Waals surface area contributed by atoms with E-state index in [1.807, 2.05) is 12.1 Å². The van der Waals surface area contributed by atoms with Crippen molar-refractivity contribution in [1.29, 1.82) is 0 Å². The average Bonchev–Trinajstić information content (AvgIpc) is 2.63. The number of Topliss-reactive ketones (excluding diaryl/α,β-unsaturated/α-hetero) is 1. The van der Waals surface area contributed by atoms with Crippen molar-refractivity contribution in [3.05, 3.63) is 77.5 Å². The lowest BCUT2D eigenvalue weighted by atomic mass is 9.81. The molecular weight excluding hydrogens is 282 g/mol. The van der Waals surface area contributed by atoms with Crippen molar-refractivity contribution in [2.75, 3.05) is 13.1 Å². The number of nitrogens with zero attached hydrogens (tertiary/aromatic N) is 1. The fourth-order valence-electron chi connectivity index (χ4n) is 3.82. The Morgan fingerprint density at radius 1 is 0.913 bits per heavy atom. The highest BCUT2D eigenvalue weighted by Crippen LogP contribution is 2.36. The second-order valence-corrected chi connectivity index (χ2v) is 6.48. The normalized spacial score (nSPS) is 20.0. The summed E-state index contributed by atoms with van der Waals surface area (Å²) in [6, 6.07) is 20.9. The number of carbonyl (C=O) groups is 1. The topological polar surface area (TPSA) is 20.3 Å². The zero-order valence-electron chi connectivity index (χ0n) is 13.2. The molecule has 0 radical (unpaired) electrons. The fourth-order valence-corrected chi connectivity index (χ4v) is 3.82. The molecule has 0 saturated carbocycles. The van der Waals surface area contributed by atoms with E-state index in [0.29, 0.717) is 5.78 Å². The SMILES string of the molecule is O=C1/C(=C(\Cc2ccccc2)c2ccccc2)N2CCC1CC2. The van der Waals surface area contributed by atoms with Gasteiger partial charge in [0.15, 0.2) is 5.78 Å². The molecule has 0 aliphatic carbocycles. The van der Waals surface area contributed by atoms with Crippen LogP contribution in [-0.2, 0) is 11.2 Å². The number of fused-ring (bicyclic) bond motifs is 3. The Kier molecular flexibility index (Phi) is 3.74. The molecule has 3 fully saturated rings. The van der Waals surface area contributed by atoms with Gasteiger partial charge in [0.1, 0.15) is 0 Å². The second-order valence-electron chi connectivity index (χ2n) is 6.48. The summed E-state index contributed by atoms with van der Waals surface area (Å²) in [5.41, 5.74) is 4.59. The first-order valence-electron chi connectivity index (χ1n) is 8.44. The first-order chi connectivity index (χ1) is 11.3. The zero-order chi connectivity index (χ0) is 15.6. The van der Waals surface area contributed by atoms with Crippen molar-refractivity contribution >= 4 is 11.4 Å². The van der Waals surface area contributed by atoms with Crippen LogP contribution in [0.3, 0.4) is 0 Å². The largest absolute Gasteiger partial charge is 0.368 e. The third kappa shape index (κ3) is 2.70. The lowest BCUT2D eigenvalue weighted by Crippen LogP contribution is -2.46. The third-order valence-corrected chi connectivity index (χ3v) is 5.05. The van der Waals surface area contributed by atoms with E-state index in [0.717, 1.165) is 38.0 Å². The van der Waals surface area contributed by atoms with Crippen LogP contribution in [0.4, 0.5) is 0 Å². The van der Waals surface area contributed by atoms with Gasteiger partial charge in [-0.15, -0.1) is 0 Å². The molecular formula is C21H21NO. The standard InChI is InChI=1S/C21H21NO/c23-21-18-11-13-22(14-12-18)20(21)19(17-9-5-2-6-10-17)15-16-7-3-1-4-8-16/h1-10,18H,11-15H2/b20-19-. The van der Waals surface area contributed by atoms with Gasteiger partial charge in [0.05, 0.1) is 5.70 Å². The quantitative estimate of drug-likeness (QED) is 0.801. The molecule has 3 heterocycles. The summed E-state index contributed by atoms with van der Waals surface area (Å²) >= 11 is 0. The summed E-state index contributed by atoms with van der Waals surface area (Å²) in [4.78, 5) is 15.2. The van der Waals surface area contributed by atoms with Gasteiger partial charge in [-0.2, -0.15) is 0 Å². The van der Waals surface area contributed by atoms with E-state index in [9.17, 15) is 4.79 Å². The minimum atomic E-state index is 0.240. The summed E-state index contributed by atoms with van der Waals surface area (Å²) < 4.78 is 0. The predicted octanol–water partition coefficient (Wildman–Crippen LogP) is 3.94. The Morgan fingerprint density at radius 3 is 2.13 bits per heavy atom. The van der Waals surface area contributed by atoms with Crippen molar-refractivity contribution in [3.8, 4) is 0 Å². The van der Waals surface area contributed by atoms with Crippen molar-refractivity contribution < 1.29 is 4.79 Å². The fraction of sp³-hybridized carbons (Fsp3) is 0.286. The van der Waals surface area contributed by atoms with Gasteiger partial charge in [0.2, 0.25) is 0 Å². The smallest absolute Gasteiger partial charge is 0.182 e. The highest BCUT2D eigenvalue weighted by Gasteiger charge is 2.38. The molecule has 23 heavy (non-hydrogen) atoms. The molecule has 2 bridgehead atoms. The highest BCUT2D eigenvalue weighted by atomic mass is 16.1. The Hall–Kier alpha value is -2.35. The first kappa shape index (κ1) is 14.3. The summed E-state index contributed by atoms with van der Waals surface area (Å²) in [7, 11) is 0. The van der Waals surface area contributed by atoms with Crippen LogP contribution in [0.1, 0.15) is 24.0 Å². The van der Waals surface area contributed by atoms with Gasteiger partial charge in [0.25, 0.3) is 0 Å². The number of hydrogen-bond donors (Lipinski definition) is 0. The van der Waals surface area contributed by atoms with Crippen LogP contribution in [0.25, 0.3) is 5.57 Å². The van der Waals surface area contributed by atoms with Gasteiger partial charge in [-0.25, -0.2) is 0 Å². The van der Waals surface area contributed by atoms with Crippen LogP contribution >= 0.6 is 0 Å². The molecule has 2 heteroatoms. The lowest BCUT2D eigenvalue weighted by Gasteiger charge is -2.42. The number of allylic oxidation sites excluding steroid dienone is 2. The molecule has 0 unspecified atom stereocenters. The van der Waals surface area contributed by atoms with Gasteiger partial charge in [-0.1, -0.05) is 60.7 Å². The van der Waals surface area contributed by atoms with Crippen molar-refractivity contribution in [2.45, 2.75) is 19.3 Å². The van der Waals surface area contributed by atoms with Gasteiger partial charge >= 0.3 is 0 Å². The predicted molar refractivity (Wildman–Crippen MR) is 92.8 cm³/mol. The van der Waals surface area contributed by atoms with Crippen LogP contribution in [0.2, 0.25) is 0 Å². The van der Waals surface area contributed by atoms with Crippen molar-refractivity contribution in [2.24, 2.45) is 5.92 Å². The summed E-state index contributed by atoms with van der Waals surface area (Å²) in [6.45, 7) is 2.05. The molecule has 2 aromatic carbocycles. The number of ketones is 1. The van der Waals surface area contributed by atoms with E-state index in [1.54, 1.807) is 0 Å². The van der Waals surface area contributed by atoms with E-state index < -0.39 is 0 Å². The number of benzene rings is 2. The van der Waals surface area contributed by atoms with Gasteiger partial charge in [-0.3, -0.25) is 4.79 Å². The molecule has 3 aliphatic heterocycles. The summed E-state index contributed by atoms with van der Waals surface area (Å²) in [5.74, 6) is 0.599. The van der Waals surface area contributed by atoms with Gasteiger partial charge in [-0.05, 0) is 29.5 Å². The zero-order valence-corrected chi connectivity index (χ0v) is 13.2. The molecule has 3 saturated heterocycles. The van der Waals surface area contributed by atoms with E-state index in [4.69, 9.17) is 0 Å². The molecule has 0 atom stereocenters. The van der Waals surface area contributed by atoms with Gasteiger partial charge < -0.3 is 4.90 Å². The Morgan fingerprint density at radius 2 is 1.52 bits per heavy atom. The summed E-state index contributed by atoms with van der Waals surface area (Å²) in [5, 5.41) is 0. The molecule has 2 aromatic rings. The van der Waals surface area contributed by atoms with Gasteiger partial charge in [0, 0.05) is 25.4 Å². The Labute approximate surface area is 137 Å². The number of carbonyl (C=O) groups excluding carboxylic acids is 1. The molecule has 5 rings (SSSR count). The van der Waals surface area contributed by atoms with E-state index in [2.05, 4.69) is 53.4 Å². The second kappa shape index (κ2) is 6.04. The molecule has 0 amide bonds. The first-order valence-corrected chi connectivity index (χ1v) is 8.44. The average molecular weight is 303 g/mol. The Bertz CT molecular complexity index is 725. The Balaban J connectivity index is 1.82. The molecule has 0 aromatic heterocycles. The van der Waals surface area contributed by atoms with Crippen molar-refractivity contribution in [3.63, 3.8) is 0 Å². The number of rotatable bonds is 3. The van der Waals surface area contributed by atoms with Crippen LogP contribution in [0.5, 0.6) is 0 Å². The molecule has 0 N–H and O–H groups in total. The highest BCUT2D eigenvalue weighted by molar-refractivity contribution is 6.05. The third-order valence-electron chi connectivity index (χ3n) is 5.05. The van der Waals surface area contributed by atoms with Crippen molar-refractivity contribution in [1.82, 2.24) is 4.90 Å². The molecule has 0 spiro atoms. The van der Waals surface area contributed by atoms with E-state index in [1.165, 1.54) is 16.7 Å². The molecule has 3 aliphatic rings. The van der Waals surface area contributed by atoms with E-state index >= 15 is 0 Å². The number of piperidine rings is 3. The lowest BCUT2D eigenvalue weighted by molar-refractivity contribution is -0.125. The maximum atomic E-state index is 12.9. The minimum Gasteiger partial charge on any atom is -0.368 e. The number of hydrogen-bond acceptors (Lipinski definition) is 2. The van der Waals surface area contributed by atoms with Crippen LogP contribution < -0.4 is 0 Å². The van der Waals surface area contributed by atoms with Crippen LogP contribution in [-0.4, -0.2) is 23.8 Å². The molecule has 2 nitrogen and oxygen atoms in total. The maximum absolute atomic E-state index is 12.9. The molecule has 116 valence electrons. The van der Waals surface area contributed by atoms with Crippen LogP contribution in [0.15, 0.2) is 66.4 Å². The monoisotopic (exact) mass is 303 g/mol.